The molecule has 1 saturated heterocycles. The minimum Gasteiger partial charge on any atom is -0.490 e. The predicted octanol–water partition coefficient (Wildman–Crippen LogP) is 5.05. The topological polar surface area (TPSA) is 67.9 Å². The van der Waals surface area contributed by atoms with E-state index in [4.69, 9.17) is 44.3 Å². The molecule has 0 spiro atoms. The van der Waals surface area contributed by atoms with Crippen molar-refractivity contribution in [2.75, 3.05) is 25.1 Å². The summed E-state index contributed by atoms with van der Waals surface area (Å²) in [5, 5.41) is 3.83. The van der Waals surface area contributed by atoms with E-state index in [1.807, 2.05) is 0 Å². The van der Waals surface area contributed by atoms with Crippen molar-refractivity contribution >= 4 is 52.3 Å². The average molecular weight is 470 g/mol. The lowest BCUT2D eigenvalue weighted by molar-refractivity contribution is -0.119. The molecule has 2 aliphatic heterocycles. The SMILES string of the molecule is O=C(Nc1cc2c(cc1Cl)OCCCO2)C1CCCN1C(=O)c1ccc(Cl)c(Cl)c1. The van der Waals surface area contributed by atoms with Crippen molar-refractivity contribution in [2.24, 2.45) is 0 Å². The van der Waals surface area contributed by atoms with Crippen LogP contribution >= 0.6 is 34.8 Å². The molecular formula is C21H19Cl3N2O4. The van der Waals surface area contributed by atoms with Gasteiger partial charge in [0.25, 0.3) is 5.91 Å². The summed E-state index contributed by atoms with van der Waals surface area (Å²) in [5.41, 5.74) is 0.803. The number of anilines is 1. The average Bonchev–Trinajstić information content (AvgIpc) is 3.11. The highest BCUT2D eigenvalue weighted by molar-refractivity contribution is 6.42. The van der Waals surface area contributed by atoms with Gasteiger partial charge < -0.3 is 19.7 Å². The third-order valence-electron chi connectivity index (χ3n) is 5.08. The molecule has 1 fully saturated rings. The summed E-state index contributed by atoms with van der Waals surface area (Å²) in [6.07, 6.45) is 2.04. The lowest BCUT2D eigenvalue weighted by atomic mass is 10.1. The highest BCUT2D eigenvalue weighted by Crippen LogP contribution is 2.38. The van der Waals surface area contributed by atoms with Gasteiger partial charge in [0, 0.05) is 30.7 Å². The lowest BCUT2D eigenvalue weighted by Gasteiger charge is -2.24. The van der Waals surface area contributed by atoms with Crippen molar-refractivity contribution < 1.29 is 19.1 Å². The summed E-state index contributed by atoms with van der Waals surface area (Å²) >= 11 is 18.3. The molecule has 0 saturated carbocycles. The van der Waals surface area contributed by atoms with Crippen LogP contribution in [0, 0.1) is 0 Å². The van der Waals surface area contributed by atoms with Gasteiger partial charge in [0.1, 0.15) is 6.04 Å². The summed E-state index contributed by atoms with van der Waals surface area (Å²) in [6.45, 7) is 1.55. The number of carbonyl (C=O) groups excluding carboxylic acids is 2. The summed E-state index contributed by atoms with van der Waals surface area (Å²) in [7, 11) is 0. The minimum atomic E-state index is -0.612. The molecule has 2 aliphatic rings. The van der Waals surface area contributed by atoms with Gasteiger partial charge >= 0.3 is 0 Å². The smallest absolute Gasteiger partial charge is 0.254 e. The van der Waals surface area contributed by atoms with E-state index in [0.717, 1.165) is 12.8 Å². The number of carbonyl (C=O) groups is 2. The van der Waals surface area contributed by atoms with Crippen LogP contribution in [-0.4, -0.2) is 42.5 Å². The normalized spacial score (nSPS) is 18.1. The van der Waals surface area contributed by atoms with Gasteiger partial charge in [0.2, 0.25) is 5.91 Å². The maximum atomic E-state index is 13.0. The number of likely N-dealkylation sites (tertiary alicyclic amines) is 1. The molecule has 0 aromatic heterocycles. The minimum absolute atomic E-state index is 0.268. The maximum Gasteiger partial charge on any atom is 0.254 e. The van der Waals surface area contributed by atoms with Gasteiger partial charge in [-0.1, -0.05) is 34.8 Å². The first kappa shape index (κ1) is 21.1. The van der Waals surface area contributed by atoms with Crippen molar-refractivity contribution in [2.45, 2.75) is 25.3 Å². The molecule has 158 valence electrons. The Morgan fingerprint density at radius 3 is 2.40 bits per heavy atom. The highest BCUT2D eigenvalue weighted by Gasteiger charge is 2.35. The molecule has 1 N–H and O–H groups in total. The Kier molecular flexibility index (Phi) is 6.27. The van der Waals surface area contributed by atoms with Gasteiger partial charge in [-0.25, -0.2) is 0 Å². The Morgan fingerprint density at radius 1 is 0.933 bits per heavy atom. The van der Waals surface area contributed by atoms with Crippen LogP contribution in [0.2, 0.25) is 15.1 Å². The third kappa shape index (κ3) is 4.31. The molecule has 6 nitrogen and oxygen atoms in total. The van der Waals surface area contributed by atoms with Crippen LogP contribution in [0.1, 0.15) is 29.6 Å². The number of halogens is 3. The second-order valence-corrected chi connectivity index (χ2v) is 8.33. The number of ether oxygens (including phenoxy) is 2. The summed E-state index contributed by atoms with van der Waals surface area (Å²) in [5.74, 6) is 0.503. The Morgan fingerprint density at radius 2 is 1.67 bits per heavy atom. The molecule has 4 rings (SSSR count). The standard InChI is InChI=1S/C21H19Cl3N2O4/c22-13-5-4-12(9-14(13)23)21(28)26-6-1-3-17(26)20(27)25-16-11-19-18(10-15(16)24)29-7-2-8-30-19/h4-5,9-11,17H,1-3,6-8H2,(H,25,27). The number of nitrogens with one attached hydrogen (secondary N) is 1. The van der Waals surface area contributed by atoms with Crippen LogP contribution < -0.4 is 14.8 Å². The van der Waals surface area contributed by atoms with E-state index >= 15 is 0 Å². The molecular weight excluding hydrogens is 451 g/mol. The van der Waals surface area contributed by atoms with Gasteiger partial charge in [0.15, 0.2) is 11.5 Å². The van der Waals surface area contributed by atoms with E-state index in [1.54, 1.807) is 29.2 Å². The molecule has 2 aromatic rings. The largest absolute Gasteiger partial charge is 0.490 e. The van der Waals surface area contributed by atoms with E-state index in [0.29, 0.717) is 64.0 Å². The molecule has 0 bridgehead atoms. The number of amides is 2. The molecule has 30 heavy (non-hydrogen) atoms. The predicted molar refractivity (Wildman–Crippen MR) is 116 cm³/mol. The van der Waals surface area contributed by atoms with Gasteiger partial charge in [-0.2, -0.15) is 0 Å². The van der Waals surface area contributed by atoms with Gasteiger partial charge in [0.05, 0.1) is 34.0 Å². The summed E-state index contributed by atoms with van der Waals surface area (Å²) in [6, 6.07) is 7.36. The Balaban J connectivity index is 1.52. The number of nitrogens with zero attached hydrogens (tertiary/aromatic N) is 1. The van der Waals surface area contributed by atoms with Gasteiger partial charge in [-0.15, -0.1) is 0 Å². The van der Waals surface area contributed by atoms with Crippen LogP contribution in [0.3, 0.4) is 0 Å². The number of benzene rings is 2. The first-order chi connectivity index (χ1) is 14.4. The van der Waals surface area contributed by atoms with Crippen LogP contribution in [0.5, 0.6) is 11.5 Å². The summed E-state index contributed by atoms with van der Waals surface area (Å²) in [4.78, 5) is 27.5. The van der Waals surface area contributed by atoms with Crippen molar-refractivity contribution in [3.8, 4) is 11.5 Å². The van der Waals surface area contributed by atoms with E-state index in [9.17, 15) is 9.59 Å². The molecule has 2 amide bonds. The van der Waals surface area contributed by atoms with Gasteiger partial charge in [-0.05, 0) is 31.0 Å². The Bertz CT molecular complexity index is 998. The molecule has 0 aliphatic carbocycles. The lowest BCUT2D eigenvalue weighted by Crippen LogP contribution is -2.43. The zero-order valence-corrected chi connectivity index (χ0v) is 18.2. The number of rotatable bonds is 3. The first-order valence-corrected chi connectivity index (χ1v) is 10.7. The summed E-state index contributed by atoms with van der Waals surface area (Å²) < 4.78 is 11.3. The molecule has 2 aromatic carbocycles. The number of hydrogen-bond acceptors (Lipinski definition) is 4. The van der Waals surface area contributed by atoms with Crippen LogP contribution in [0.4, 0.5) is 5.69 Å². The van der Waals surface area contributed by atoms with E-state index in [1.165, 1.54) is 6.07 Å². The van der Waals surface area contributed by atoms with Crippen LogP contribution in [0.15, 0.2) is 30.3 Å². The number of fused-ring (bicyclic) bond motifs is 1. The Hall–Kier alpha value is -2.15. The number of hydrogen-bond donors (Lipinski definition) is 1. The fourth-order valence-electron chi connectivity index (χ4n) is 3.57. The maximum absolute atomic E-state index is 13.0. The van der Waals surface area contributed by atoms with Gasteiger partial charge in [-0.3, -0.25) is 9.59 Å². The van der Waals surface area contributed by atoms with Crippen molar-refractivity contribution in [1.29, 1.82) is 0 Å². The van der Waals surface area contributed by atoms with Crippen molar-refractivity contribution in [3.05, 3.63) is 51.0 Å². The molecule has 1 atom stereocenters. The Labute approximate surface area is 189 Å². The van der Waals surface area contributed by atoms with Crippen LogP contribution in [0.25, 0.3) is 0 Å². The van der Waals surface area contributed by atoms with E-state index in [-0.39, 0.29) is 11.8 Å². The second-order valence-electron chi connectivity index (χ2n) is 7.10. The second kappa shape index (κ2) is 8.92. The molecule has 2 heterocycles. The first-order valence-electron chi connectivity index (χ1n) is 9.60. The molecule has 9 heteroatoms. The zero-order valence-electron chi connectivity index (χ0n) is 15.9. The third-order valence-corrected chi connectivity index (χ3v) is 6.13. The van der Waals surface area contributed by atoms with Crippen LogP contribution in [-0.2, 0) is 4.79 Å². The fraction of sp³-hybridized carbons (Fsp3) is 0.333. The fourth-order valence-corrected chi connectivity index (χ4v) is 4.07. The van der Waals surface area contributed by atoms with E-state index < -0.39 is 6.04 Å². The van der Waals surface area contributed by atoms with Crippen molar-refractivity contribution in [3.63, 3.8) is 0 Å². The zero-order chi connectivity index (χ0) is 21.3. The monoisotopic (exact) mass is 468 g/mol. The molecule has 1 unspecified atom stereocenters. The van der Waals surface area contributed by atoms with Crippen molar-refractivity contribution in [1.82, 2.24) is 4.90 Å². The molecule has 0 radical (unpaired) electrons. The quantitative estimate of drug-likeness (QED) is 0.683. The van der Waals surface area contributed by atoms with E-state index in [2.05, 4.69) is 5.32 Å². The highest BCUT2D eigenvalue weighted by atomic mass is 35.5.